The van der Waals surface area contributed by atoms with Crippen LogP contribution in [0.3, 0.4) is 0 Å². The molecule has 0 saturated carbocycles. The number of hydrogen-bond acceptors (Lipinski definition) is 5. The number of carbonyl (C=O) groups excluding carboxylic acids is 1. The molecule has 2 aromatic carbocycles. The second kappa shape index (κ2) is 10.2. The Morgan fingerprint density at radius 2 is 1.69 bits per heavy atom. The number of hydrogen-bond donors (Lipinski definition) is 0. The number of likely N-dealkylation sites (tertiary alicyclic amines) is 1. The van der Waals surface area contributed by atoms with E-state index in [2.05, 4.69) is 53.0 Å². The van der Waals surface area contributed by atoms with Crippen molar-refractivity contribution in [3.8, 4) is 11.6 Å². The smallest absolute Gasteiger partial charge is 0.241 e. The Labute approximate surface area is 207 Å². The van der Waals surface area contributed by atoms with Crippen LogP contribution in [-0.4, -0.2) is 47.1 Å². The zero-order chi connectivity index (χ0) is 24.3. The predicted octanol–water partition coefficient (Wildman–Crippen LogP) is 5.34. The molecule has 6 heteroatoms. The van der Waals surface area contributed by atoms with Gasteiger partial charge in [0.1, 0.15) is 11.4 Å². The Balaban J connectivity index is 1.31. The molecule has 3 aromatic rings. The van der Waals surface area contributed by atoms with Gasteiger partial charge in [0.25, 0.3) is 0 Å². The quantitative estimate of drug-likeness (QED) is 0.503. The van der Waals surface area contributed by atoms with Crippen molar-refractivity contribution in [2.45, 2.75) is 50.9 Å². The van der Waals surface area contributed by atoms with Crippen LogP contribution in [0.15, 0.2) is 60.9 Å². The fourth-order valence-corrected chi connectivity index (χ4v) is 5.36. The van der Waals surface area contributed by atoms with E-state index in [1.807, 2.05) is 24.3 Å². The summed E-state index contributed by atoms with van der Waals surface area (Å²) in [5.74, 6) is 1.75. The summed E-state index contributed by atoms with van der Waals surface area (Å²) in [7, 11) is 0. The van der Waals surface area contributed by atoms with E-state index >= 15 is 0 Å². The van der Waals surface area contributed by atoms with Gasteiger partial charge in [-0.15, -0.1) is 0 Å². The molecule has 0 atom stereocenters. The van der Waals surface area contributed by atoms with Gasteiger partial charge in [-0.05, 0) is 57.2 Å². The molecule has 0 spiro atoms. The predicted molar refractivity (Wildman–Crippen MR) is 135 cm³/mol. The van der Waals surface area contributed by atoms with E-state index < -0.39 is 5.41 Å². The molecule has 2 fully saturated rings. The topological polar surface area (TPSA) is 64.6 Å². The Hall–Kier alpha value is -3.25. The lowest BCUT2D eigenvalue weighted by atomic mass is 9.72. The lowest BCUT2D eigenvalue weighted by Gasteiger charge is -2.42. The SMILES string of the molecule is Cc1ccc(Oc2nccnc2C2CCN(C(=O)C3(c4cccc(C)c4)CCOCC3)CC2)cc1. The van der Waals surface area contributed by atoms with Crippen LogP contribution in [0.1, 0.15) is 54.0 Å². The first kappa shape index (κ1) is 23.5. The van der Waals surface area contributed by atoms with E-state index in [0.29, 0.717) is 32.2 Å². The molecule has 182 valence electrons. The van der Waals surface area contributed by atoms with E-state index in [1.165, 1.54) is 11.1 Å². The monoisotopic (exact) mass is 471 g/mol. The molecular formula is C29H33N3O3. The maximum Gasteiger partial charge on any atom is 0.241 e. The molecular weight excluding hydrogens is 438 g/mol. The van der Waals surface area contributed by atoms with Crippen LogP contribution in [0.25, 0.3) is 0 Å². The number of aromatic nitrogens is 2. The van der Waals surface area contributed by atoms with Gasteiger partial charge in [0.05, 0.1) is 5.41 Å². The first-order chi connectivity index (χ1) is 17.0. The van der Waals surface area contributed by atoms with Crippen LogP contribution in [0.4, 0.5) is 0 Å². The molecule has 0 N–H and O–H groups in total. The van der Waals surface area contributed by atoms with E-state index in [4.69, 9.17) is 9.47 Å². The average molecular weight is 472 g/mol. The van der Waals surface area contributed by atoms with Gasteiger partial charge in [0.2, 0.25) is 11.8 Å². The third-order valence-electron chi connectivity index (χ3n) is 7.42. The molecule has 0 radical (unpaired) electrons. The first-order valence-corrected chi connectivity index (χ1v) is 12.5. The van der Waals surface area contributed by atoms with E-state index in [9.17, 15) is 4.79 Å². The second-order valence-corrected chi connectivity index (χ2v) is 9.79. The molecule has 2 saturated heterocycles. The van der Waals surface area contributed by atoms with Gasteiger partial charge >= 0.3 is 0 Å². The van der Waals surface area contributed by atoms with E-state index in [0.717, 1.165) is 42.7 Å². The number of rotatable bonds is 5. The van der Waals surface area contributed by atoms with Crippen LogP contribution in [0.2, 0.25) is 0 Å². The summed E-state index contributed by atoms with van der Waals surface area (Å²) in [5, 5.41) is 0. The number of ether oxygens (including phenoxy) is 2. The zero-order valence-electron chi connectivity index (χ0n) is 20.6. The Morgan fingerprint density at radius 1 is 0.971 bits per heavy atom. The molecule has 1 aromatic heterocycles. The molecule has 2 aliphatic heterocycles. The Bertz CT molecular complexity index is 1160. The molecule has 0 aliphatic carbocycles. The van der Waals surface area contributed by atoms with Gasteiger partial charge in [-0.1, -0.05) is 47.5 Å². The number of piperidine rings is 1. The van der Waals surface area contributed by atoms with Crippen LogP contribution in [0.5, 0.6) is 11.6 Å². The van der Waals surface area contributed by atoms with Crippen molar-refractivity contribution >= 4 is 5.91 Å². The molecule has 2 aliphatic rings. The minimum absolute atomic E-state index is 0.206. The van der Waals surface area contributed by atoms with Crippen molar-refractivity contribution in [1.29, 1.82) is 0 Å². The van der Waals surface area contributed by atoms with E-state index in [1.54, 1.807) is 12.4 Å². The molecule has 0 bridgehead atoms. The molecule has 6 nitrogen and oxygen atoms in total. The highest BCUT2D eigenvalue weighted by molar-refractivity contribution is 5.88. The molecule has 5 rings (SSSR count). The molecule has 1 amide bonds. The summed E-state index contributed by atoms with van der Waals surface area (Å²) >= 11 is 0. The highest BCUT2D eigenvalue weighted by atomic mass is 16.5. The normalized spacial score (nSPS) is 18.3. The van der Waals surface area contributed by atoms with Crippen LogP contribution >= 0.6 is 0 Å². The van der Waals surface area contributed by atoms with Crippen molar-refractivity contribution in [3.63, 3.8) is 0 Å². The van der Waals surface area contributed by atoms with Gasteiger partial charge in [0.15, 0.2) is 0 Å². The summed E-state index contributed by atoms with van der Waals surface area (Å²) < 4.78 is 11.8. The number of amides is 1. The minimum Gasteiger partial charge on any atom is -0.437 e. The fourth-order valence-electron chi connectivity index (χ4n) is 5.36. The minimum atomic E-state index is -0.497. The lowest BCUT2D eigenvalue weighted by Crippen LogP contribution is -2.52. The zero-order valence-corrected chi connectivity index (χ0v) is 20.6. The summed E-state index contributed by atoms with van der Waals surface area (Å²) in [4.78, 5) is 25.2. The number of aryl methyl sites for hydroxylation is 2. The van der Waals surface area contributed by atoms with Crippen molar-refractivity contribution in [3.05, 3.63) is 83.3 Å². The third-order valence-corrected chi connectivity index (χ3v) is 7.42. The maximum absolute atomic E-state index is 14.0. The Morgan fingerprint density at radius 3 is 2.40 bits per heavy atom. The molecule has 0 unspecified atom stereocenters. The van der Waals surface area contributed by atoms with Gasteiger partial charge < -0.3 is 14.4 Å². The van der Waals surface area contributed by atoms with Crippen LogP contribution in [-0.2, 0) is 14.9 Å². The van der Waals surface area contributed by atoms with Crippen molar-refractivity contribution < 1.29 is 14.3 Å². The van der Waals surface area contributed by atoms with Gasteiger partial charge in [0, 0.05) is 44.6 Å². The first-order valence-electron chi connectivity index (χ1n) is 12.5. The standard InChI is InChI=1S/C29H33N3O3/c1-21-6-8-25(9-7-21)35-27-26(30-14-15-31-27)23-10-16-32(17-11-23)28(33)29(12-18-34-19-13-29)24-5-3-4-22(2)20-24/h3-9,14-15,20,23H,10-13,16-19H2,1-2H3. The largest absolute Gasteiger partial charge is 0.437 e. The number of benzene rings is 2. The van der Waals surface area contributed by atoms with Gasteiger partial charge in [-0.2, -0.15) is 0 Å². The molecule has 35 heavy (non-hydrogen) atoms. The highest BCUT2D eigenvalue weighted by Gasteiger charge is 2.45. The lowest BCUT2D eigenvalue weighted by molar-refractivity contribution is -0.142. The maximum atomic E-state index is 14.0. The van der Waals surface area contributed by atoms with Crippen LogP contribution in [0, 0.1) is 13.8 Å². The average Bonchev–Trinajstić information content (AvgIpc) is 2.90. The van der Waals surface area contributed by atoms with Crippen molar-refractivity contribution in [2.24, 2.45) is 0 Å². The second-order valence-electron chi connectivity index (χ2n) is 9.79. The number of carbonyl (C=O) groups is 1. The summed E-state index contributed by atoms with van der Waals surface area (Å²) in [6.45, 7) is 6.79. The fraction of sp³-hybridized carbons (Fsp3) is 0.414. The van der Waals surface area contributed by atoms with Crippen LogP contribution < -0.4 is 4.74 Å². The van der Waals surface area contributed by atoms with Crippen molar-refractivity contribution in [2.75, 3.05) is 26.3 Å². The van der Waals surface area contributed by atoms with Crippen molar-refractivity contribution in [1.82, 2.24) is 14.9 Å². The van der Waals surface area contributed by atoms with Gasteiger partial charge in [-0.3, -0.25) is 9.78 Å². The van der Waals surface area contributed by atoms with Gasteiger partial charge in [-0.25, -0.2) is 4.98 Å². The summed E-state index contributed by atoms with van der Waals surface area (Å²) in [6.07, 6.45) is 6.54. The Kier molecular flexibility index (Phi) is 6.82. The highest BCUT2D eigenvalue weighted by Crippen LogP contribution is 2.40. The summed E-state index contributed by atoms with van der Waals surface area (Å²) in [6, 6.07) is 16.4. The number of nitrogens with zero attached hydrogens (tertiary/aromatic N) is 3. The summed E-state index contributed by atoms with van der Waals surface area (Å²) in [5.41, 5.74) is 3.87. The van der Waals surface area contributed by atoms with E-state index in [-0.39, 0.29) is 11.8 Å². The third kappa shape index (κ3) is 4.94. The molecule has 3 heterocycles.